The van der Waals surface area contributed by atoms with Crippen LogP contribution in [0.2, 0.25) is 0 Å². The van der Waals surface area contributed by atoms with Crippen molar-refractivity contribution in [2.75, 3.05) is 28.4 Å². The number of hydrogen-bond acceptors (Lipinski definition) is 6. The van der Waals surface area contributed by atoms with E-state index in [1.54, 1.807) is 28.4 Å². The van der Waals surface area contributed by atoms with Gasteiger partial charge in [0.2, 0.25) is 0 Å². The molecular formula is C48H38N4O4. The van der Waals surface area contributed by atoms with E-state index < -0.39 is 0 Å². The fourth-order valence-electron chi connectivity index (χ4n) is 7.53. The van der Waals surface area contributed by atoms with E-state index in [1.807, 2.05) is 72.8 Å². The highest BCUT2D eigenvalue weighted by molar-refractivity contribution is 6.00. The Labute approximate surface area is 324 Å². The molecule has 3 aromatic heterocycles. The molecule has 0 unspecified atom stereocenters. The van der Waals surface area contributed by atoms with Crippen LogP contribution in [-0.4, -0.2) is 48.4 Å². The van der Waals surface area contributed by atoms with E-state index in [0.29, 0.717) is 0 Å². The van der Waals surface area contributed by atoms with Gasteiger partial charge in [0, 0.05) is 44.3 Å². The zero-order valence-corrected chi connectivity index (χ0v) is 31.4. The molecule has 2 N–H and O–H groups in total. The average molecular weight is 735 g/mol. The van der Waals surface area contributed by atoms with Gasteiger partial charge in [0.05, 0.1) is 51.2 Å². The monoisotopic (exact) mass is 734 g/mol. The summed E-state index contributed by atoms with van der Waals surface area (Å²) in [6, 6.07) is 40.8. The standard InChI is InChI=1S/C48H38N4O4/c1-53-33-13-5-9-29(25-33)45-37-17-19-39(49-37)46(30-10-6-14-34(26-30)54-2)41-21-23-43(51-41)48(32-12-8-16-36(28-32)56-4)44-24-22-42(52-44)47(40-20-18-38(45)50-40)31-11-7-15-35(27-31)55-3/h5-28,49,52H,1-4H3. The molecule has 0 saturated carbocycles. The van der Waals surface area contributed by atoms with Gasteiger partial charge in [-0.2, -0.15) is 0 Å². The van der Waals surface area contributed by atoms with Gasteiger partial charge in [-0.05, 0) is 119 Å². The first kappa shape index (κ1) is 34.4. The summed E-state index contributed by atoms with van der Waals surface area (Å²) >= 11 is 0. The predicted octanol–water partition coefficient (Wildman–Crippen LogP) is 11.4. The average Bonchev–Trinajstić information content (AvgIpc) is 4.09. The lowest BCUT2D eigenvalue weighted by atomic mass is 10.0. The fraction of sp³-hybridized carbons (Fsp3) is 0.0833. The van der Waals surface area contributed by atoms with Crippen molar-refractivity contribution in [1.82, 2.24) is 19.9 Å². The van der Waals surface area contributed by atoms with Crippen LogP contribution in [0.15, 0.2) is 121 Å². The topological polar surface area (TPSA) is 94.3 Å². The van der Waals surface area contributed by atoms with Gasteiger partial charge in [-0.25, -0.2) is 9.97 Å². The maximum Gasteiger partial charge on any atom is 0.119 e. The first-order valence-corrected chi connectivity index (χ1v) is 18.3. The molecule has 4 aromatic carbocycles. The van der Waals surface area contributed by atoms with Gasteiger partial charge in [-0.15, -0.1) is 0 Å². The Morgan fingerprint density at radius 3 is 0.821 bits per heavy atom. The third-order valence-corrected chi connectivity index (χ3v) is 10.2. The van der Waals surface area contributed by atoms with Crippen LogP contribution in [0.4, 0.5) is 0 Å². The van der Waals surface area contributed by atoms with Crippen LogP contribution in [0.1, 0.15) is 22.8 Å². The molecule has 0 fully saturated rings. The second kappa shape index (κ2) is 14.5. The minimum atomic E-state index is 0.753. The summed E-state index contributed by atoms with van der Waals surface area (Å²) in [4.78, 5) is 18.4. The quantitative estimate of drug-likeness (QED) is 0.161. The Bertz CT molecular complexity index is 2500. The Balaban J connectivity index is 1.47. The molecule has 0 atom stereocenters. The van der Waals surface area contributed by atoms with Crippen LogP contribution in [0.25, 0.3) is 90.9 Å². The predicted molar refractivity (Wildman–Crippen MR) is 227 cm³/mol. The van der Waals surface area contributed by atoms with Crippen molar-refractivity contribution in [2.45, 2.75) is 0 Å². The number of methoxy groups -OCH3 is 4. The van der Waals surface area contributed by atoms with E-state index in [1.165, 1.54) is 0 Å². The van der Waals surface area contributed by atoms with Gasteiger partial charge in [0.1, 0.15) is 23.0 Å². The summed E-state index contributed by atoms with van der Waals surface area (Å²) in [5.74, 6) is 3.01. The van der Waals surface area contributed by atoms with E-state index in [-0.39, 0.29) is 0 Å². The Morgan fingerprint density at radius 1 is 0.339 bits per heavy atom. The smallest absolute Gasteiger partial charge is 0.119 e. The lowest BCUT2D eigenvalue weighted by molar-refractivity contribution is 0.415. The molecule has 8 bridgehead atoms. The Morgan fingerprint density at radius 2 is 0.589 bits per heavy atom. The number of H-pyrrole nitrogens is 2. The molecule has 8 heteroatoms. The first-order valence-electron chi connectivity index (χ1n) is 18.3. The molecule has 56 heavy (non-hydrogen) atoms. The summed E-state index contributed by atoms with van der Waals surface area (Å²) in [5.41, 5.74) is 14.4. The third kappa shape index (κ3) is 6.27. The maximum absolute atomic E-state index is 5.69. The van der Waals surface area contributed by atoms with E-state index in [4.69, 9.17) is 28.9 Å². The molecule has 9 rings (SSSR count). The summed E-state index contributed by atoms with van der Waals surface area (Å²) in [6.07, 6.45) is 8.32. The highest BCUT2D eigenvalue weighted by Gasteiger charge is 2.20. The van der Waals surface area contributed by atoms with E-state index in [9.17, 15) is 0 Å². The SMILES string of the molecule is COc1cccc(-c2c3nc(c(-c4cccc(OC)c4)c4ccc([nH]4)c(-c4cccc(OC)c4)c4nc(c(-c5cccc(OC)c5)c5ccc2[nH]5)C=C4)C=C3)c1. The number of fused-ring (bicyclic) bond motifs is 8. The minimum absolute atomic E-state index is 0.753. The molecule has 2 aliphatic rings. The molecule has 0 spiro atoms. The Hall–Kier alpha value is -7.32. The van der Waals surface area contributed by atoms with Crippen LogP contribution in [0, 0.1) is 0 Å². The normalized spacial score (nSPS) is 11.8. The summed E-state index contributed by atoms with van der Waals surface area (Å²) in [5, 5.41) is 0. The molecule has 0 amide bonds. The number of hydrogen-bond donors (Lipinski definition) is 2. The number of aromatic amines is 2. The molecule has 5 heterocycles. The van der Waals surface area contributed by atoms with Crippen LogP contribution in [0.3, 0.4) is 0 Å². The van der Waals surface area contributed by atoms with Crippen molar-refractivity contribution in [2.24, 2.45) is 0 Å². The molecule has 2 aliphatic heterocycles. The fourth-order valence-corrected chi connectivity index (χ4v) is 7.53. The van der Waals surface area contributed by atoms with Crippen LogP contribution in [0.5, 0.6) is 23.0 Å². The third-order valence-electron chi connectivity index (χ3n) is 10.2. The van der Waals surface area contributed by atoms with Gasteiger partial charge in [0.25, 0.3) is 0 Å². The second-order valence-electron chi connectivity index (χ2n) is 13.4. The molecular weight excluding hydrogens is 697 g/mol. The molecule has 8 nitrogen and oxygen atoms in total. The van der Waals surface area contributed by atoms with Gasteiger partial charge in [-0.1, -0.05) is 48.5 Å². The van der Waals surface area contributed by atoms with E-state index in [0.717, 1.165) is 112 Å². The Kier molecular flexibility index (Phi) is 8.91. The maximum atomic E-state index is 5.69. The minimum Gasteiger partial charge on any atom is -0.497 e. The molecule has 0 aliphatic carbocycles. The number of nitrogens with zero attached hydrogens (tertiary/aromatic N) is 2. The van der Waals surface area contributed by atoms with Gasteiger partial charge >= 0.3 is 0 Å². The zero-order valence-electron chi connectivity index (χ0n) is 31.4. The largest absolute Gasteiger partial charge is 0.497 e. The number of benzene rings is 4. The summed E-state index contributed by atoms with van der Waals surface area (Å²) in [6.45, 7) is 0. The molecule has 7 aromatic rings. The van der Waals surface area contributed by atoms with E-state index in [2.05, 4.69) is 82.8 Å². The van der Waals surface area contributed by atoms with Crippen LogP contribution < -0.4 is 18.9 Å². The van der Waals surface area contributed by atoms with Gasteiger partial charge in [0.15, 0.2) is 0 Å². The zero-order chi connectivity index (χ0) is 38.2. The summed E-state index contributed by atoms with van der Waals surface area (Å²) in [7, 11) is 6.73. The lowest BCUT2D eigenvalue weighted by Crippen LogP contribution is -1.91. The van der Waals surface area contributed by atoms with Gasteiger partial charge < -0.3 is 28.9 Å². The molecule has 0 radical (unpaired) electrons. The van der Waals surface area contributed by atoms with Crippen LogP contribution in [-0.2, 0) is 0 Å². The van der Waals surface area contributed by atoms with Crippen molar-refractivity contribution in [3.63, 3.8) is 0 Å². The number of rotatable bonds is 8. The number of aromatic nitrogens is 4. The molecule has 274 valence electrons. The van der Waals surface area contributed by atoms with Crippen molar-refractivity contribution in [3.05, 3.63) is 144 Å². The number of ether oxygens (including phenoxy) is 4. The van der Waals surface area contributed by atoms with Crippen molar-refractivity contribution in [1.29, 1.82) is 0 Å². The lowest BCUT2D eigenvalue weighted by Gasteiger charge is -2.09. The van der Waals surface area contributed by atoms with Crippen molar-refractivity contribution >= 4 is 46.4 Å². The van der Waals surface area contributed by atoms with Gasteiger partial charge in [-0.3, -0.25) is 0 Å². The van der Waals surface area contributed by atoms with Crippen molar-refractivity contribution in [3.8, 4) is 67.5 Å². The first-order chi connectivity index (χ1) is 27.5. The second-order valence-corrected chi connectivity index (χ2v) is 13.4. The van der Waals surface area contributed by atoms with Crippen molar-refractivity contribution < 1.29 is 18.9 Å². The van der Waals surface area contributed by atoms with Crippen LogP contribution >= 0.6 is 0 Å². The highest BCUT2D eigenvalue weighted by atomic mass is 16.5. The highest BCUT2D eigenvalue weighted by Crippen LogP contribution is 2.40. The number of nitrogens with one attached hydrogen (secondary N) is 2. The van der Waals surface area contributed by atoms with E-state index >= 15 is 0 Å². The molecule has 0 saturated heterocycles. The summed E-state index contributed by atoms with van der Waals surface area (Å²) < 4.78 is 22.8.